The van der Waals surface area contributed by atoms with Gasteiger partial charge in [-0.1, -0.05) is 24.6 Å². The Morgan fingerprint density at radius 3 is 2.40 bits per heavy atom. The van der Waals surface area contributed by atoms with Crippen LogP contribution in [0.3, 0.4) is 0 Å². The molecule has 1 fully saturated rings. The topological polar surface area (TPSA) is 61.4 Å². The van der Waals surface area contributed by atoms with E-state index in [-0.39, 0.29) is 5.91 Å². The number of carbonyl (C=O) groups excluding carboxylic acids is 1. The number of anilines is 2. The second-order valence-electron chi connectivity index (χ2n) is 6.47. The molecule has 1 saturated heterocycles. The van der Waals surface area contributed by atoms with Crippen molar-refractivity contribution in [2.45, 2.75) is 20.8 Å². The fraction of sp³-hybridized carbons (Fsp3) is 0.421. The van der Waals surface area contributed by atoms with E-state index in [1.165, 1.54) is 5.56 Å². The van der Waals surface area contributed by atoms with Gasteiger partial charge in [0.05, 0.1) is 5.56 Å². The summed E-state index contributed by atoms with van der Waals surface area (Å²) in [6, 6.07) is 5.95. The largest absolute Gasteiger partial charge is 0.338 e. The maximum Gasteiger partial charge on any atom is 0.258 e. The SMILES string of the molecule is CCN1CCN(c2ncc(C(=O)Nc3ccc(C)cc3C)cn2)CC1. The first-order chi connectivity index (χ1) is 12.1. The van der Waals surface area contributed by atoms with Crippen LogP contribution >= 0.6 is 0 Å². The lowest BCUT2D eigenvalue weighted by molar-refractivity contribution is 0.102. The van der Waals surface area contributed by atoms with Gasteiger partial charge in [0.15, 0.2) is 0 Å². The van der Waals surface area contributed by atoms with E-state index < -0.39 is 0 Å². The molecule has 0 saturated carbocycles. The molecule has 0 spiro atoms. The van der Waals surface area contributed by atoms with Crippen LogP contribution in [-0.4, -0.2) is 53.5 Å². The lowest BCUT2D eigenvalue weighted by atomic mass is 10.1. The summed E-state index contributed by atoms with van der Waals surface area (Å²) in [4.78, 5) is 25.8. The third-order valence-corrected chi connectivity index (χ3v) is 4.63. The van der Waals surface area contributed by atoms with E-state index in [2.05, 4.69) is 32.0 Å². The Kier molecular flexibility index (Phi) is 5.28. The molecular weight excluding hydrogens is 314 g/mol. The van der Waals surface area contributed by atoms with Crippen molar-refractivity contribution < 1.29 is 4.79 Å². The van der Waals surface area contributed by atoms with Gasteiger partial charge in [-0.05, 0) is 32.0 Å². The fourth-order valence-electron chi connectivity index (χ4n) is 3.01. The highest BCUT2D eigenvalue weighted by molar-refractivity contribution is 6.04. The smallest absolute Gasteiger partial charge is 0.258 e. The predicted octanol–water partition coefficient (Wildman–Crippen LogP) is 2.49. The van der Waals surface area contributed by atoms with Crippen LogP contribution < -0.4 is 10.2 Å². The average molecular weight is 339 g/mol. The van der Waals surface area contributed by atoms with Gasteiger partial charge in [-0.2, -0.15) is 0 Å². The Balaban J connectivity index is 1.64. The van der Waals surface area contributed by atoms with Crippen molar-refractivity contribution in [2.75, 3.05) is 42.9 Å². The molecule has 25 heavy (non-hydrogen) atoms. The summed E-state index contributed by atoms with van der Waals surface area (Å²) in [5.74, 6) is 0.508. The Morgan fingerprint density at radius 2 is 1.80 bits per heavy atom. The Bertz CT molecular complexity index is 736. The molecule has 132 valence electrons. The minimum Gasteiger partial charge on any atom is -0.338 e. The van der Waals surface area contributed by atoms with Gasteiger partial charge >= 0.3 is 0 Å². The minimum absolute atomic E-state index is 0.186. The van der Waals surface area contributed by atoms with E-state index in [0.717, 1.165) is 44.0 Å². The molecule has 1 amide bonds. The standard InChI is InChI=1S/C19H25N5O/c1-4-23-7-9-24(10-8-23)19-20-12-16(13-21-19)18(25)22-17-6-5-14(2)11-15(17)3/h5-6,11-13H,4,7-10H2,1-3H3,(H,22,25). The van der Waals surface area contributed by atoms with E-state index in [0.29, 0.717) is 11.5 Å². The fourth-order valence-corrected chi connectivity index (χ4v) is 3.01. The van der Waals surface area contributed by atoms with Gasteiger partial charge in [-0.3, -0.25) is 4.79 Å². The summed E-state index contributed by atoms with van der Waals surface area (Å²) in [5.41, 5.74) is 3.50. The first kappa shape index (κ1) is 17.4. The number of piperazine rings is 1. The van der Waals surface area contributed by atoms with Crippen LogP contribution in [0.1, 0.15) is 28.4 Å². The van der Waals surface area contributed by atoms with Gasteiger partial charge in [-0.25, -0.2) is 9.97 Å². The Labute approximate surface area is 148 Å². The Morgan fingerprint density at radius 1 is 1.12 bits per heavy atom. The van der Waals surface area contributed by atoms with Crippen LogP contribution in [0.25, 0.3) is 0 Å². The number of rotatable bonds is 4. The van der Waals surface area contributed by atoms with Gasteiger partial charge in [-0.15, -0.1) is 0 Å². The van der Waals surface area contributed by atoms with Crippen molar-refractivity contribution in [3.63, 3.8) is 0 Å². The van der Waals surface area contributed by atoms with Crippen molar-refractivity contribution in [1.29, 1.82) is 0 Å². The number of hydrogen-bond donors (Lipinski definition) is 1. The number of benzene rings is 1. The van der Waals surface area contributed by atoms with Crippen LogP contribution in [0.4, 0.5) is 11.6 Å². The number of nitrogens with zero attached hydrogens (tertiary/aromatic N) is 4. The van der Waals surface area contributed by atoms with Gasteiger partial charge in [0, 0.05) is 44.3 Å². The number of amides is 1. The predicted molar refractivity (Wildman–Crippen MR) is 100 cm³/mol. The summed E-state index contributed by atoms with van der Waals surface area (Å²) < 4.78 is 0. The summed E-state index contributed by atoms with van der Waals surface area (Å²) in [7, 11) is 0. The molecule has 0 unspecified atom stereocenters. The van der Waals surface area contributed by atoms with Crippen molar-refractivity contribution >= 4 is 17.5 Å². The summed E-state index contributed by atoms with van der Waals surface area (Å²) in [6.07, 6.45) is 3.21. The first-order valence-electron chi connectivity index (χ1n) is 8.74. The molecule has 2 aromatic rings. The van der Waals surface area contributed by atoms with Gasteiger partial charge < -0.3 is 15.1 Å². The second kappa shape index (κ2) is 7.61. The maximum absolute atomic E-state index is 12.4. The number of carbonyl (C=O) groups is 1. The van der Waals surface area contributed by atoms with Crippen molar-refractivity contribution in [3.05, 3.63) is 47.3 Å². The molecule has 0 bridgehead atoms. The van der Waals surface area contributed by atoms with Crippen molar-refractivity contribution in [1.82, 2.24) is 14.9 Å². The molecule has 1 aliphatic rings. The molecule has 1 aromatic carbocycles. The molecule has 3 rings (SSSR count). The lowest BCUT2D eigenvalue weighted by Crippen LogP contribution is -2.46. The van der Waals surface area contributed by atoms with Crippen LogP contribution in [-0.2, 0) is 0 Å². The van der Waals surface area contributed by atoms with E-state index >= 15 is 0 Å². The van der Waals surface area contributed by atoms with Crippen LogP contribution in [0.2, 0.25) is 0 Å². The number of hydrogen-bond acceptors (Lipinski definition) is 5. The summed E-state index contributed by atoms with van der Waals surface area (Å²) in [5, 5.41) is 2.93. The molecule has 1 N–H and O–H groups in total. The van der Waals surface area contributed by atoms with Gasteiger partial charge in [0.2, 0.25) is 5.95 Å². The van der Waals surface area contributed by atoms with Crippen molar-refractivity contribution in [3.8, 4) is 0 Å². The third-order valence-electron chi connectivity index (χ3n) is 4.63. The zero-order chi connectivity index (χ0) is 17.8. The normalized spacial score (nSPS) is 15.2. The highest BCUT2D eigenvalue weighted by Gasteiger charge is 2.18. The van der Waals surface area contributed by atoms with Gasteiger partial charge in [0.25, 0.3) is 5.91 Å². The highest BCUT2D eigenvalue weighted by atomic mass is 16.1. The monoisotopic (exact) mass is 339 g/mol. The Hall–Kier alpha value is -2.47. The number of nitrogens with one attached hydrogen (secondary N) is 1. The quantitative estimate of drug-likeness (QED) is 0.927. The van der Waals surface area contributed by atoms with E-state index in [1.54, 1.807) is 12.4 Å². The summed E-state index contributed by atoms with van der Waals surface area (Å²) >= 11 is 0. The molecular formula is C19H25N5O. The third kappa shape index (κ3) is 4.14. The van der Waals surface area contributed by atoms with E-state index in [9.17, 15) is 4.79 Å². The molecule has 1 aliphatic heterocycles. The van der Waals surface area contributed by atoms with E-state index in [1.807, 2.05) is 32.0 Å². The zero-order valence-corrected chi connectivity index (χ0v) is 15.1. The van der Waals surface area contributed by atoms with Crippen LogP contribution in [0.15, 0.2) is 30.6 Å². The van der Waals surface area contributed by atoms with Crippen LogP contribution in [0.5, 0.6) is 0 Å². The van der Waals surface area contributed by atoms with Gasteiger partial charge in [0.1, 0.15) is 0 Å². The lowest BCUT2D eigenvalue weighted by Gasteiger charge is -2.33. The first-order valence-corrected chi connectivity index (χ1v) is 8.74. The number of aryl methyl sites for hydroxylation is 2. The molecule has 6 heteroatoms. The highest BCUT2D eigenvalue weighted by Crippen LogP contribution is 2.17. The van der Waals surface area contributed by atoms with Crippen LogP contribution in [0, 0.1) is 13.8 Å². The second-order valence-corrected chi connectivity index (χ2v) is 6.47. The van der Waals surface area contributed by atoms with Crippen molar-refractivity contribution in [2.24, 2.45) is 0 Å². The molecule has 0 radical (unpaired) electrons. The number of aromatic nitrogens is 2. The molecule has 0 atom stereocenters. The molecule has 1 aromatic heterocycles. The number of likely N-dealkylation sites (N-methyl/N-ethyl adjacent to an activating group) is 1. The molecule has 0 aliphatic carbocycles. The zero-order valence-electron chi connectivity index (χ0n) is 15.1. The van der Waals surface area contributed by atoms with E-state index in [4.69, 9.17) is 0 Å². The maximum atomic E-state index is 12.4. The molecule has 6 nitrogen and oxygen atoms in total. The average Bonchev–Trinajstić information content (AvgIpc) is 2.64. The minimum atomic E-state index is -0.186. The molecule has 2 heterocycles. The summed E-state index contributed by atoms with van der Waals surface area (Å²) in [6.45, 7) is 11.2.